The van der Waals surface area contributed by atoms with Crippen LogP contribution in [0.5, 0.6) is 0 Å². The van der Waals surface area contributed by atoms with Crippen molar-refractivity contribution in [2.45, 2.75) is 58.9 Å². The van der Waals surface area contributed by atoms with E-state index in [1.54, 1.807) is 0 Å². The van der Waals surface area contributed by atoms with Gasteiger partial charge in [0.15, 0.2) is 0 Å². The Hall–Kier alpha value is -1.36. The van der Waals surface area contributed by atoms with Crippen LogP contribution in [0.25, 0.3) is 0 Å². The van der Waals surface area contributed by atoms with Crippen molar-refractivity contribution in [2.24, 2.45) is 0 Å². The molecule has 5 heteroatoms. The second-order valence-electron chi connectivity index (χ2n) is 6.61. The number of nitrogens with one attached hydrogen (secondary N) is 1. The predicted octanol–water partition coefficient (Wildman–Crippen LogP) is 2.29. The first-order chi connectivity index (χ1) is 10.5. The van der Waals surface area contributed by atoms with E-state index in [4.69, 9.17) is 0 Å². The molecule has 1 N–H and O–H groups in total. The van der Waals surface area contributed by atoms with Gasteiger partial charge in [-0.05, 0) is 65.1 Å². The highest BCUT2D eigenvalue weighted by Crippen LogP contribution is 2.16. The number of hydrogen-bond donors (Lipinski definition) is 1. The molecule has 0 bridgehead atoms. The van der Waals surface area contributed by atoms with E-state index in [-0.39, 0.29) is 5.91 Å². The molecule has 0 radical (unpaired) electrons. The quantitative estimate of drug-likeness (QED) is 0.841. The van der Waals surface area contributed by atoms with Crippen LogP contribution in [0.15, 0.2) is 0 Å². The number of nitrogens with zero attached hydrogens (tertiary/aromatic N) is 3. The van der Waals surface area contributed by atoms with Crippen molar-refractivity contribution in [3.05, 3.63) is 17.0 Å². The fraction of sp³-hybridized carbons (Fsp3) is 0.765. The van der Waals surface area contributed by atoms with Crippen LogP contribution in [-0.2, 0) is 11.2 Å². The van der Waals surface area contributed by atoms with Crippen LogP contribution in [0.3, 0.4) is 0 Å². The Balaban J connectivity index is 1.72. The molecule has 1 aliphatic heterocycles. The largest absolute Gasteiger partial charge is 0.345 e. The average molecular weight is 306 g/mol. The molecule has 0 aromatic carbocycles. The first kappa shape index (κ1) is 17.0. The predicted molar refractivity (Wildman–Crippen MR) is 88.9 cm³/mol. The molecule has 5 nitrogen and oxygen atoms in total. The maximum atomic E-state index is 12.3. The molecular formula is C17H30N4O. The van der Waals surface area contributed by atoms with Crippen LogP contribution < -0.4 is 0 Å². The van der Waals surface area contributed by atoms with Crippen molar-refractivity contribution in [3.63, 3.8) is 0 Å². The van der Waals surface area contributed by atoms with Crippen LogP contribution in [0.4, 0.5) is 0 Å². The van der Waals surface area contributed by atoms with Gasteiger partial charge < -0.3 is 9.80 Å². The number of aryl methyl sites for hydroxylation is 2. The normalized spacial score (nSPS) is 16.9. The lowest BCUT2D eigenvalue weighted by Gasteiger charge is -2.24. The molecule has 22 heavy (non-hydrogen) atoms. The molecule has 0 spiro atoms. The van der Waals surface area contributed by atoms with Crippen LogP contribution in [-0.4, -0.2) is 58.6 Å². The van der Waals surface area contributed by atoms with Gasteiger partial charge in [0.2, 0.25) is 5.91 Å². The highest BCUT2D eigenvalue weighted by atomic mass is 16.2. The van der Waals surface area contributed by atoms with E-state index < -0.39 is 0 Å². The number of aromatic amines is 1. The SMILES string of the molecule is Cc1n[nH]c(C)c1CCN(C)C(=O)CC[C@H](C)N1CCCC1. The highest BCUT2D eigenvalue weighted by Gasteiger charge is 2.19. The van der Waals surface area contributed by atoms with Crippen molar-refractivity contribution >= 4 is 5.91 Å². The highest BCUT2D eigenvalue weighted by molar-refractivity contribution is 5.75. The Bertz CT molecular complexity index is 471. The zero-order valence-corrected chi connectivity index (χ0v) is 14.5. The number of carbonyl (C=O) groups excluding carboxylic acids is 1. The summed E-state index contributed by atoms with van der Waals surface area (Å²) in [6.45, 7) is 9.46. The van der Waals surface area contributed by atoms with Gasteiger partial charge in [-0.3, -0.25) is 9.89 Å². The number of likely N-dealkylation sites (tertiary alicyclic amines) is 1. The summed E-state index contributed by atoms with van der Waals surface area (Å²) in [6, 6.07) is 0.526. The van der Waals surface area contributed by atoms with E-state index in [0.717, 1.165) is 30.8 Å². The van der Waals surface area contributed by atoms with Gasteiger partial charge in [-0.1, -0.05) is 0 Å². The summed E-state index contributed by atoms with van der Waals surface area (Å²) in [5.74, 6) is 0.254. The minimum Gasteiger partial charge on any atom is -0.345 e. The Kier molecular flexibility index (Phi) is 6.00. The van der Waals surface area contributed by atoms with Crippen LogP contribution in [0, 0.1) is 13.8 Å². The van der Waals surface area contributed by atoms with Gasteiger partial charge >= 0.3 is 0 Å². The Morgan fingerprint density at radius 1 is 1.36 bits per heavy atom. The molecule has 1 aromatic rings. The maximum absolute atomic E-state index is 12.3. The minimum absolute atomic E-state index is 0.254. The molecule has 1 aliphatic rings. The average Bonchev–Trinajstić information content (AvgIpc) is 3.13. The number of aromatic nitrogens is 2. The smallest absolute Gasteiger partial charge is 0.222 e. The maximum Gasteiger partial charge on any atom is 0.222 e. The van der Waals surface area contributed by atoms with Crippen molar-refractivity contribution in [3.8, 4) is 0 Å². The molecule has 2 heterocycles. The van der Waals surface area contributed by atoms with E-state index in [2.05, 4.69) is 22.0 Å². The van der Waals surface area contributed by atoms with Gasteiger partial charge in [0, 0.05) is 31.7 Å². The lowest BCUT2D eigenvalue weighted by molar-refractivity contribution is -0.130. The molecular weight excluding hydrogens is 276 g/mol. The number of rotatable bonds is 7. The molecule has 0 aliphatic carbocycles. The Labute approximate surface area is 134 Å². The molecule has 1 atom stereocenters. The van der Waals surface area contributed by atoms with Crippen LogP contribution in [0.2, 0.25) is 0 Å². The van der Waals surface area contributed by atoms with E-state index in [1.165, 1.54) is 31.5 Å². The summed E-state index contributed by atoms with van der Waals surface area (Å²) in [5.41, 5.74) is 3.40. The third-order valence-corrected chi connectivity index (χ3v) is 4.94. The fourth-order valence-corrected chi connectivity index (χ4v) is 3.23. The van der Waals surface area contributed by atoms with Gasteiger partial charge in [-0.25, -0.2) is 0 Å². The molecule has 1 amide bonds. The Morgan fingerprint density at radius 2 is 2.05 bits per heavy atom. The third kappa shape index (κ3) is 4.32. The van der Waals surface area contributed by atoms with Gasteiger partial charge in [-0.2, -0.15) is 5.10 Å². The van der Waals surface area contributed by atoms with E-state index in [9.17, 15) is 4.79 Å². The van der Waals surface area contributed by atoms with E-state index >= 15 is 0 Å². The second kappa shape index (κ2) is 7.77. The number of H-pyrrole nitrogens is 1. The summed E-state index contributed by atoms with van der Waals surface area (Å²) < 4.78 is 0. The third-order valence-electron chi connectivity index (χ3n) is 4.94. The summed E-state index contributed by atoms with van der Waals surface area (Å²) in [6.07, 6.45) is 5.10. The lowest BCUT2D eigenvalue weighted by atomic mass is 10.1. The zero-order chi connectivity index (χ0) is 16.1. The summed E-state index contributed by atoms with van der Waals surface area (Å²) in [5, 5.41) is 7.21. The minimum atomic E-state index is 0.254. The lowest BCUT2D eigenvalue weighted by Crippen LogP contribution is -2.33. The summed E-state index contributed by atoms with van der Waals surface area (Å²) in [4.78, 5) is 16.6. The molecule has 0 unspecified atom stereocenters. The number of hydrogen-bond acceptors (Lipinski definition) is 3. The molecule has 1 aromatic heterocycles. The monoisotopic (exact) mass is 306 g/mol. The van der Waals surface area contributed by atoms with Crippen molar-refractivity contribution in [1.29, 1.82) is 0 Å². The van der Waals surface area contributed by atoms with E-state index in [1.807, 2.05) is 25.8 Å². The molecule has 2 rings (SSSR count). The first-order valence-corrected chi connectivity index (χ1v) is 8.47. The second-order valence-corrected chi connectivity index (χ2v) is 6.61. The summed E-state index contributed by atoms with van der Waals surface area (Å²) >= 11 is 0. The first-order valence-electron chi connectivity index (χ1n) is 8.47. The van der Waals surface area contributed by atoms with Crippen LogP contribution in [0.1, 0.15) is 49.6 Å². The van der Waals surface area contributed by atoms with Gasteiger partial charge in [0.25, 0.3) is 0 Å². The standard InChI is InChI=1S/C17H30N4O/c1-13(21-10-5-6-11-21)7-8-17(22)20(4)12-9-16-14(2)18-19-15(16)3/h13H,5-12H2,1-4H3,(H,18,19)/t13-/m0/s1. The van der Waals surface area contributed by atoms with Gasteiger partial charge in [0.1, 0.15) is 0 Å². The van der Waals surface area contributed by atoms with Crippen LogP contribution >= 0.6 is 0 Å². The van der Waals surface area contributed by atoms with E-state index in [0.29, 0.717) is 12.5 Å². The molecule has 1 saturated heterocycles. The van der Waals surface area contributed by atoms with Gasteiger partial charge in [-0.15, -0.1) is 0 Å². The number of amides is 1. The molecule has 124 valence electrons. The Morgan fingerprint density at radius 3 is 2.64 bits per heavy atom. The number of likely N-dealkylation sites (N-methyl/N-ethyl adjacent to an activating group) is 1. The topological polar surface area (TPSA) is 52.2 Å². The van der Waals surface area contributed by atoms with Crippen molar-refractivity contribution in [2.75, 3.05) is 26.7 Å². The molecule has 1 fully saturated rings. The molecule has 0 saturated carbocycles. The zero-order valence-electron chi connectivity index (χ0n) is 14.5. The fourth-order valence-electron chi connectivity index (χ4n) is 3.23. The summed E-state index contributed by atoms with van der Waals surface area (Å²) in [7, 11) is 1.91. The van der Waals surface area contributed by atoms with Gasteiger partial charge in [0.05, 0.1) is 5.69 Å². The number of carbonyl (C=O) groups is 1. The van der Waals surface area contributed by atoms with Crippen molar-refractivity contribution < 1.29 is 4.79 Å². The van der Waals surface area contributed by atoms with Crippen molar-refractivity contribution in [1.82, 2.24) is 20.0 Å².